The molecule has 0 aliphatic heterocycles. The van der Waals surface area contributed by atoms with Crippen LogP contribution in [0.15, 0.2) is 0 Å². The first-order valence-corrected chi connectivity index (χ1v) is 6.71. The molecule has 0 aromatic heterocycles. The molecule has 0 saturated carbocycles. The lowest BCUT2D eigenvalue weighted by atomic mass is 10.2. The summed E-state index contributed by atoms with van der Waals surface area (Å²) in [6, 6.07) is 0.347. The Morgan fingerprint density at radius 1 is 1.18 bits per heavy atom. The van der Waals surface area contributed by atoms with Crippen LogP contribution in [0.3, 0.4) is 0 Å². The maximum atomic E-state index is 11.5. The minimum absolute atomic E-state index is 0.0881. The lowest BCUT2D eigenvalue weighted by Crippen LogP contribution is -2.44. The second-order valence-electron chi connectivity index (χ2n) is 4.97. The average molecular weight is 243 g/mol. The van der Waals surface area contributed by atoms with Crippen LogP contribution in [0.25, 0.3) is 0 Å². The van der Waals surface area contributed by atoms with E-state index in [-0.39, 0.29) is 5.91 Å². The molecule has 1 atom stereocenters. The van der Waals surface area contributed by atoms with Gasteiger partial charge in [0.1, 0.15) is 0 Å². The zero-order valence-corrected chi connectivity index (χ0v) is 12.0. The van der Waals surface area contributed by atoms with E-state index in [0.717, 1.165) is 26.2 Å². The molecular weight excluding hydrogens is 214 g/mol. The van der Waals surface area contributed by atoms with Crippen molar-refractivity contribution in [1.29, 1.82) is 0 Å². The van der Waals surface area contributed by atoms with E-state index < -0.39 is 0 Å². The molecular formula is C13H29N3O. The Kier molecular flexibility index (Phi) is 9.09. The Balaban J connectivity index is 3.68. The maximum absolute atomic E-state index is 11.5. The average Bonchev–Trinajstić information content (AvgIpc) is 2.30. The van der Waals surface area contributed by atoms with Crippen molar-refractivity contribution in [2.24, 2.45) is 5.92 Å². The minimum Gasteiger partial charge on any atom is -0.355 e. The van der Waals surface area contributed by atoms with Crippen LogP contribution >= 0.6 is 0 Å². The van der Waals surface area contributed by atoms with E-state index in [2.05, 4.69) is 50.2 Å². The number of nitrogens with zero attached hydrogens (tertiary/aromatic N) is 1. The first-order valence-electron chi connectivity index (χ1n) is 6.71. The van der Waals surface area contributed by atoms with Crippen LogP contribution in [0.5, 0.6) is 0 Å². The quantitative estimate of drug-likeness (QED) is 0.637. The van der Waals surface area contributed by atoms with Crippen molar-refractivity contribution < 1.29 is 4.79 Å². The Bertz CT molecular complexity index is 203. The summed E-state index contributed by atoms with van der Waals surface area (Å²) >= 11 is 0. The highest BCUT2D eigenvalue weighted by molar-refractivity contribution is 5.77. The third kappa shape index (κ3) is 9.12. The van der Waals surface area contributed by atoms with Crippen molar-refractivity contribution >= 4 is 5.91 Å². The summed E-state index contributed by atoms with van der Waals surface area (Å²) < 4.78 is 0. The molecule has 2 N–H and O–H groups in total. The summed E-state index contributed by atoms with van der Waals surface area (Å²) in [7, 11) is 0. The molecule has 0 spiro atoms. The molecule has 17 heavy (non-hydrogen) atoms. The number of hydrogen-bond acceptors (Lipinski definition) is 3. The number of carbonyl (C=O) groups is 1. The van der Waals surface area contributed by atoms with E-state index in [4.69, 9.17) is 0 Å². The van der Waals surface area contributed by atoms with Gasteiger partial charge in [-0.15, -0.1) is 0 Å². The molecule has 1 unspecified atom stereocenters. The van der Waals surface area contributed by atoms with Crippen molar-refractivity contribution in [3.63, 3.8) is 0 Å². The second kappa shape index (κ2) is 9.42. The van der Waals surface area contributed by atoms with Crippen LogP contribution in [-0.4, -0.2) is 49.6 Å². The fraction of sp³-hybridized carbons (Fsp3) is 0.923. The largest absolute Gasteiger partial charge is 0.355 e. The molecule has 0 rings (SSSR count). The smallest absolute Gasteiger partial charge is 0.233 e. The van der Waals surface area contributed by atoms with Crippen molar-refractivity contribution in [3.05, 3.63) is 0 Å². The van der Waals surface area contributed by atoms with Crippen LogP contribution in [-0.2, 0) is 4.79 Å². The molecule has 0 aromatic rings. The van der Waals surface area contributed by atoms with Gasteiger partial charge < -0.3 is 15.5 Å². The third-order valence-electron chi connectivity index (χ3n) is 2.75. The van der Waals surface area contributed by atoms with Gasteiger partial charge in [0, 0.05) is 19.1 Å². The van der Waals surface area contributed by atoms with Gasteiger partial charge in [-0.25, -0.2) is 0 Å². The second-order valence-corrected chi connectivity index (χ2v) is 4.97. The number of likely N-dealkylation sites (N-methyl/N-ethyl adjacent to an activating group) is 1. The highest BCUT2D eigenvalue weighted by atomic mass is 16.1. The van der Waals surface area contributed by atoms with Gasteiger partial charge in [0.2, 0.25) is 5.91 Å². The first-order chi connectivity index (χ1) is 7.99. The summed E-state index contributed by atoms with van der Waals surface area (Å²) in [5, 5.41) is 6.16. The third-order valence-corrected chi connectivity index (χ3v) is 2.75. The Hall–Kier alpha value is -0.610. The van der Waals surface area contributed by atoms with Gasteiger partial charge in [-0.2, -0.15) is 0 Å². The van der Waals surface area contributed by atoms with Gasteiger partial charge in [-0.1, -0.05) is 27.7 Å². The summed E-state index contributed by atoms with van der Waals surface area (Å²) in [6.07, 6.45) is 0. The van der Waals surface area contributed by atoms with Crippen LogP contribution in [0.2, 0.25) is 0 Å². The van der Waals surface area contributed by atoms with E-state index in [1.165, 1.54) is 0 Å². The van der Waals surface area contributed by atoms with Gasteiger partial charge in [0.05, 0.1) is 6.54 Å². The fourth-order valence-corrected chi connectivity index (χ4v) is 1.58. The topological polar surface area (TPSA) is 44.4 Å². The first kappa shape index (κ1) is 16.4. The van der Waals surface area contributed by atoms with Gasteiger partial charge in [-0.3, -0.25) is 4.79 Å². The molecule has 4 heteroatoms. The molecule has 0 aliphatic rings. The van der Waals surface area contributed by atoms with Gasteiger partial charge in [-0.05, 0) is 25.9 Å². The summed E-state index contributed by atoms with van der Waals surface area (Å²) in [6.45, 7) is 14.9. The van der Waals surface area contributed by atoms with Gasteiger partial charge in [0.25, 0.3) is 0 Å². The van der Waals surface area contributed by atoms with Crippen molar-refractivity contribution in [2.45, 2.75) is 40.7 Å². The lowest BCUT2D eigenvalue weighted by molar-refractivity contribution is -0.120. The number of amides is 1. The highest BCUT2D eigenvalue weighted by Crippen LogP contribution is 1.91. The predicted molar refractivity (Wildman–Crippen MR) is 73.1 cm³/mol. The summed E-state index contributed by atoms with van der Waals surface area (Å²) in [5.41, 5.74) is 0. The number of hydrogen-bond donors (Lipinski definition) is 2. The molecule has 102 valence electrons. The molecule has 0 radical (unpaired) electrons. The fourth-order valence-electron chi connectivity index (χ4n) is 1.58. The Morgan fingerprint density at radius 3 is 2.24 bits per heavy atom. The molecule has 0 aliphatic carbocycles. The van der Waals surface area contributed by atoms with E-state index >= 15 is 0 Å². The minimum atomic E-state index is 0.0881. The zero-order valence-electron chi connectivity index (χ0n) is 12.0. The van der Waals surface area contributed by atoms with E-state index in [1.54, 1.807) is 0 Å². The Morgan fingerprint density at radius 2 is 1.76 bits per heavy atom. The lowest BCUT2D eigenvalue weighted by Gasteiger charge is -2.23. The zero-order chi connectivity index (χ0) is 13.3. The van der Waals surface area contributed by atoms with Gasteiger partial charge >= 0.3 is 0 Å². The van der Waals surface area contributed by atoms with Crippen LogP contribution in [0.1, 0.15) is 34.6 Å². The Labute approximate surface area is 106 Å². The number of rotatable bonds is 9. The van der Waals surface area contributed by atoms with Crippen molar-refractivity contribution in [3.8, 4) is 0 Å². The van der Waals surface area contributed by atoms with Crippen molar-refractivity contribution in [1.82, 2.24) is 15.5 Å². The van der Waals surface area contributed by atoms with Gasteiger partial charge in [0.15, 0.2) is 0 Å². The molecule has 0 fully saturated rings. The van der Waals surface area contributed by atoms with E-state index in [9.17, 15) is 4.79 Å². The van der Waals surface area contributed by atoms with Crippen LogP contribution < -0.4 is 10.6 Å². The molecule has 0 bridgehead atoms. The monoisotopic (exact) mass is 243 g/mol. The van der Waals surface area contributed by atoms with Crippen LogP contribution in [0.4, 0.5) is 0 Å². The van der Waals surface area contributed by atoms with Crippen molar-refractivity contribution in [2.75, 3.05) is 32.7 Å². The van der Waals surface area contributed by atoms with E-state index in [1.807, 2.05) is 0 Å². The predicted octanol–water partition coefficient (Wildman–Crippen LogP) is 1.08. The maximum Gasteiger partial charge on any atom is 0.233 e. The SMILES string of the molecule is CCN(CC)CC(C)NCC(=O)NCC(C)C. The molecule has 0 aromatic carbocycles. The number of nitrogens with one attached hydrogen (secondary N) is 2. The summed E-state index contributed by atoms with van der Waals surface area (Å²) in [4.78, 5) is 13.8. The number of carbonyl (C=O) groups excluding carboxylic acids is 1. The molecule has 0 saturated heterocycles. The highest BCUT2D eigenvalue weighted by Gasteiger charge is 2.08. The van der Waals surface area contributed by atoms with Crippen LogP contribution in [0, 0.1) is 5.92 Å². The van der Waals surface area contributed by atoms with E-state index in [0.29, 0.717) is 18.5 Å². The summed E-state index contributed by atoms with van der Waals surface area (Å²) in [5.74, 6) is 0.595. The molecule has 1 amide bonds. The normalized spacial score (nSPS) is 13.1. The molecule has 0 heterocycles. The molecule has 4 nitrogen and oxygen atoms in total. The standard InChI is InChI=1S/C13H29N3O/c1-6-16(7-2)10-12(5)14-9-13(17)15-8-11(3)4/h11-12,14H,6-10H2,1-5H3,(H,15,17).